The molecule has 1 atom stereocenters. The zero-order valence-electron chi connectivity index (χ0n) is 17.0. The highest BCUT2D eigenvalue weighted by molar-refractivity contribution is 5.98. The molecule has 2 amide bonds. The molecule has 0 aliphatic carbocycles. The lowest BCUT2D eigenvalue weighted by Gasteiger charge is -2.16. The van der Waals surface area contributed by atoms with Gasteiger partial charge in [-0.2, -0.15) is 0 Å². The second-order valence-electron chi connectivity index (χ2n) is 7.02. The molecule has 1 rings (SSSR count). The third kappa shape index (κ3) is 8.40. The highest BCUT2D eigenvalue weighted by Gasteiger charge is 2.24. The molecule has 0 fully saturated rings. The van der Waals surface area contributed by atoms with Crippen LogP contribution in [0.15, 0.2) is 40.9 Å². The van der Waals surface area contributed by atoms with Gasteiger partial charge in [0.2, 0.25) is 5.91 Å². The van der Waals surface area contributed by atoms with Gasteiger partial charge in [0.15, 0.2) is 12.2 Å². The van der Waals surface area contributed by atoms with Crippen LogP contribution in [0.2, 0.25) is 0 Å². The molecule has 1 heterocycles. The molecular weight excluding hydrogens is 346 g/mol. The molecule has 1 aromatic rings. The van der Waals surface area contributed by atoms with Crippen LogP contribution < -0.4 is 11.1 Å². The van der Waals surface area contributed by atoms with E-state index in [-0.39, 0.29) is 11.8 Å². The van der Waals surface area contributed by atoms with Crippen LogP contribution in [-0.2, 0) is 15.0 Å². The third-order valence-electron chi connectivity index (χ3n) is 3.45. The molecule has 0 aliphatic rings. The van der Waals surface area contributed by atoms with Gasteiger partial charge in [-0.05, 0) is 27.2 Å². The molecule has 0 spiro atoms. The summed E-state index contributed by atoms with van der Waals surface area (Å²) in [4.78, 5) is 27.6. The van der Waals surface area contributed by atoms with E-state index >= 15 is 0 Å². The summed E-state index contributed by atoms with van der Waals surface area (Å²) in [5.41, 5.74) is 6.21. The minimum atomic E-state index is -0.899. The first-order valence-electron chi connectivity index (χ1n) is 8.61. The summed E-state index contributed by atoms with van der Waals surface area (Å²) >= 11 is 0. The summed E-state index contributed by atoms with van der Waals surface area (Å²) < 4.78 is 5.32. The number of primary amides is 1. The maximum Gasteiger partial charge on any atom is 0.286 e. The Morgan fingerprint density at radius 2 is 1.96 bits per heavy atom. The topological polar surface area (TPSA) is 118 Å². The summed E-state index contributed by atoms with van der Waals surface area (Å²) in [6, 6.07) is -0.899. The molecule has 7 nitrogen and oxygen atoms in total. The van der Waals surface area contributed by atoms with Crippen molar-refractivity contribution < 1.29 is 19.1 Å². The van der Waals surface area contributed by atoms with Gasteiger partial charge in [0, 0.05) is 11.5 Å². The van der Waals surface area contributed by atoms with Crippen molar-refractivity contribution in [3.63, 3.8) is 0 Å². The maximum absolute atomic E-state index is 12.1. The van der Waals surface area contributed by atoms with Gasteiger partial charge in [-0.15, -0.1) is 6.58 Å². The molecule has 150 valence electrons. The molecule has 0 aliphatic heterocycles. The van der Waals surface area contributed by atoms with Crippen LogP contribution in [0.1, 0.15) is 59.4 Å². The first-order chi connectivity index (χ1) is 12.5. The molecule has 1 unspecified atom stereocenters. The van der Waals surface area contributed by atoms with Gasteiger partial charge in [0.05, 0.1) is 0 Å². The number of nitrogens with two attached hydrogens (primary N) is 1. The number of nitrogens with one attached hydrogen (secondary N) is 1. The van der Waals surface area contributed by atoms with E-state index in [1.54, 1.807) is 6.08 Å². The number of oxazole rings is 1. The number of amides is 2. The summed E-state index contributed by atoms with van der Waals surface area (Å²) in [6.07, 6.45) is 6.31. The number of aliphatic hydroxyl groups excluding tert-OH is 1. The Kier molecular flexibility index (Phi) is 9.85. The van der Waals surface area contributed by atoms with E-state index in [0.29, 0.717) is 11.5 Å². The molecule has 27 heavy (non-hydrogen) atoms. The number of carbonyl (C=O) groups is 2. The largest absolute Gasteiger partial charge is 0.503 e. The number of hydrogen-bond donors (Lipinski definition) is 3. The van der Waals surface area contributed by atoms with Crippen LogP contribution in [0.4, 0.5) is 0 Å². The average Bonchev–Trinajstić information content (AvgIpc) is 3.02. The Labute approximate surface area is 161 Å². The lowest BCUT2D eigenvalue weighted by atomic mass is 9.91. The highest BCUT2D eigenvalue weighted by Crippen LogP contribution is 2.26. The van der Waals surface area contributed by atoms with E-state index in [9.17, 15) is 14.7 Å². The van der Waals surface area contributed by atoms with Crippen LogP contribution in [0.25, 0.3) is 6.08 Å². The molecule has 0 saturated heterocycles. The highest BCUT2D eigenvalue weighted by atomic mass is 16.3. The summed E-state index contributed by atoms with van der Waals surface area (Å²) in [7, 11) is 0. The second-order valence-corrected chi connectivity index (χ2v) is 7.02. The fraction of sp³-hybridized carbons (Fsp3) is 0.450. The van der Waals surface area contributed by atoms with Crippen molar-refractivity contribution in [2.45, 2.75) is 59.4 Å². The number of aromatic nitrogens is 1. The van der Waals surface area contributed by atoms with Crippen LogP contribution in [0.3, 0.4) is 0 Å². The molecule has 0 aromatic carbocycles. The van der Waals surface area contributed by atoms with Gasteiger partial charge in [-0.3, -0.25) is 9.59 Å². The minimum absolute atomic E-state index is 0.280. The van der Waals surface area contributed by atoms with Crippen molar-refractivity contribution in [3.8, 4) is 0 Å². The predicted molar refractivity (Wildman–Crippen MR) is 107 cm³/mol. The summed E-state index contributed by atoms with van der Waals surface area (Å²) in [5.74, 6) is -1.50. The van der Waals surface area contributed by atoms with Crippen molar-refractivity contribution in [3.05, 3.63) is 47.9 Å². The van der Waals surface area contributed by atoms with Gasteiger partial charge >= 0.3 is 0 Å². The quantitative estimate of drug-likeness (QED) is 0.399. The fourth-order valence-corrected chi connectivity index (χ4v) is 2.01. The molecule has 7 heteroatoms. The van der Waals surface area contributed by atoms with Gasteiger partial charge in [-0.1, -0.05) is 38.5 Å². The summed E-state index contributed by atoms with van der Waals surface area (Å²) in [5, 5.41) is 12.4. The normalized spacial score (nSPS) is 13.3. The maximum atomic E-state index is 12.1. The van der Waals surface area contributed by atoms with Gasteiger partial charge < -0.3 is 20.6 Å². The minimum Gasteiger partial charge on any atom is -0.503 e. The van der Waals surface area contributed by atoms with E-state index in [4.69, 9.17) is 10.2 Å². The number of carbonyl (C=O) groups excluding carboxylic acids is 2. The van der Waals surface area contributed by atoms with E-state index in [1.807, 2.05) is 47.6 Å². The molecule has 0 bridgehead atoms. The number of allylic oxidation sites excluding steroid dienone is 2. The van der Waals surface area contributed by atoms with Crippen molar-refractivity contribution in [1.82, 2.24) is 10.3 Å². The Balaban J connectivity index is 0.00000210. The monoisotopic (exact) mass is 377 g/mol. The Morgan fingerprint density at radius 3 is 2.41 bits per heavy atom. The van der Waals surface area contributed by atoms with Gasteiger partial charge in [0.25, 0.3) is 5.91 Å². The first-order valence-corrected chi connectivity index (χ1v) is 8.61. The third-order valence-corrected chi connectivity index (χ3v) is 3.45. The molecule has 0 radical (unpaired) electrons. The SMILES string of the molecule is C/C=C(\C)CC(NC(=O)/C(O)=C/c1ncoc1C(C)(C)C)C(N)=O.C=CC. The molecular formula is C20H31N3O4. The standard InChI is InChI=1S/C17H25N3O4.C3H6/c1-6-10(2)7-12(15(18)22)20-16(23)13(21)8-11-14(17(3,4)5)24-9-19-11;1-3-2/h6,8-9,12,21H,7H2,1-5H3,(H2,18,22)(H,20,23);3H,1H2,2H3/b10-6+,13-8-;. The van der Waals surface area contributed by atoms with Crippen molar-refractivity contribution >= 4 is 17.9 Å². The average molecular weight is 377 g/mol. The fourth-order valence-electron chi connectivity index (χ4n) is 2.01. The number of nitrogens with zero attached hydrogens (tertiary/aromatic N) is 1. The number of hydrogen-bond acceptors (Lipinski definition) is 5. The van der Waals surface area contributed by atoms with E-state index in [1.165, 1.54) is 12.5 Å². The molecule has 0 saturated carbocycles. The Morgan fingerprint density at radius 1 is 1.41 bits per heavy atom. The zero-order valence-corrected chi connectivity index (χ0v) is 17.0. The van der Waals surface area contributed by atoms with E-state index in [2.05, 4.69) is 16.9 Å². The van der Waals surface area contributed by atoms with Crippen LogP contribution in [-0.4, -0.2) is 27.9 Å². The van der Waals surface area contributed by atoms with E-state index in [0.717, 1.165) is 5.57 Å². The number of rotatable bonds is 6. The lowest BCUT2D eigenvalue weighted by molar-refractivity contribution is -0.126. The zero-order chi connectivity index (χ0) is 21.2. The Bertz CT molecular complexity index is 709. The smallest absolute Gasteiger partial charge is 0.286 e. The molecule has 1 aromatic heterocycles. The first kappa shape index (κ1) is 24.2. The van der Waals surface area contributed by atoms with Crippen LogP contribution in [0, 0.1) is 0 Å². The van der Waals surface area contributed by atoms with E-state index < -0.39 is 23.6 Å². The summed E-state index contributed by atoms with van der Waals surface area (Å²) in [6.45, 7) is 14.7. The second kappa shape index (κ2) is 11.0. The number of aliphatic hydroxyl groups is 1. The van der Waals surface area contributed by atoms with Crippen molar-refractivity contribution in [2.24, 2.45) is 5.73 Å². The van der Waals surface area contributed by atoms with Gasteiger partial charge in [-0.25, -0.2) is 4.98 Å². The van der Waals surface area contributed by atoms with Crippen molar-refractivity contribution in [1.29, 1.82) is 0 Å². The predicted octanol–water partition coefficient (Wildman–Crippen LogP) is 3.39. The van der Waals surface area contributed by atoms with Gasteiger partial charge in [0.1, 0.15) is 17.5 Å². The van der Waals surface area contributed by atoms with Crippen molar-refractivity contribution in [2.75, 3.05) is 0 Å². The Hall–Kier alpha value is -2.83. The lowest BCUT2D eigenvalue weighted by Crippen LogP contribution is -2.45. The van der Waals surface area contributed by atoms with Crippen LogP contribution >= 0.6 is 0 Å². The molecule has 4 N–H and O–H groups in total. The van der Waals surface area contributed by atoms with Crippen LogP contribution in [0.5, 0.6) is 0 Å².